The molecule has 1 aromatic carbocycles. The van der Waals surface area contributed by atoms with E-state index in [1.165, 1.54) is 0 Å². The molecule has 3 saturated heterocycles. The molecule has 3 fully saturated rings. The third-order valence-electron chi connectivity index (χ3n) is 9.60. The van der Waals surface area contributed by atoms with Crippen molar-refractivity contribution in [2.45, 2.75) is 102 Å². The number of ether oxygens (including phenoxy) is 2. The lowest BCUT2D eigenvalue weighted by atomic mass is 9.70. The summed E-state index contributed by atoms with van der Waals surface area (Å²) in [4.78, 5) is 58.7. The molecule has 3 aliphatic rings. The van der Waals surface area contributed by atoms with Crippen LogP contribution in [-0.2, 0) is 28.7 Å². The van der Waals surface area contributed by atoms with Crippen LogP contribution in [0.1, 0.15) is 83.3 Å². The number of carbonyl (C=O) groups is 4. The minimum absolute atomic E-state index is 0.0223. The molecule has 0 aliphatic carbocycles. The molecule has 1 spiro atoms. The Morgan fingerprint density at radius 1 is 1.17 bits per heavy atom. The predicted molar refractivity (Wildman–Crippen MR) is 174 cm³/mol. The fourth-order valence-electron chi connectivity index (χ4n) is 7.45. The molecule has 252 valence electrons. The molecule has 0 aromatic heterocycles. The molecule has 0 unspecified atom stereocenters. The molecule has 4 rings (SSSR count). The Labute approximate surface area is 273 Å². The second-order valence-electron chi connectivity index (χ2n) is 12.8. The fraction of sp³-hybridized carbons (Fsp3) is 0.611. The van der Waals surface area contributed by atoms with Crippen LogP contribution in [0.3, 0.4) is 0 Å². The zero-order valence-corrected chi connectivity index (χ0v) is 27.4. The Bertz CT molecular complexity index is 1240. The number of benzene rings is 1. The summed E-state index contributed by atoms with van der Waals surface area (Å²) in [7, 11) is 0. The van der Waals surface area contributed by atoms with Crippen LogP contribution in [0, 0.1) is 11.8 Å². The topological polar surface area (TPSA) is 125 Å². The van der Waals surface area contributed by atoms with Gasteiger partial charge in [-0.2, -0.15) is 0 Å². The van der Waals surface area contributed by atoms with Gasteiger partial charge < -0.3 is 29.7 Å². The number of amides is 3. The van der Waals surface area contributed by atoms with Crippen LogP contribution >= 0.6 is 0 Å². The minimum Gasteiger partial charge on any atom is -0.455 e. The molecule has 1 aromatic rings. The Morgan fingerprint density at radius 3 is 2.61 bits per heavy atom. The summed E-state index contributed by atoms with van der Waals surface area (Å²) in [6.07, 6.45) is 7.64. The number of hydrogen-bond acceptors (Lipinski definition) is 7. The van der Waals surface area contributed by atoms with Gasteiger partial charge in [0.25, 0.3) is 0 Å². The Kier molecular flexibility index (Phi) is 12.6. The van der Waals surface area contributed by atoms with E-state index in [-0.39, 0.29) is 37.3 Å². The van der Waals surface area contributed by atoms with Gasteiger partial charge in [0.05, 0.1) is 24.0 Å². The first-order valence-electron chi connectivity index (χ1n) is 16.9. The monoisotopic (exact) mass is 637 g/mol. The van der Waals surface area contributed by atoms with Gasteiger partial charge in [0.1, 0.15) is 17.7 Å². The highest BCUT2D eigenvalue weighted by Crippen LogP contribution is 2.59. The molecule has 0 saturated carbocycles. The number of rotatable bonds is 19. The highest BCUT2D eigenvalue weighted by Gasteiger charge is 2.75. The van der Waals surface area contributed by atoms with Crippen molar-refractivity contribution in [1.82, 2.24) is 15.1 Å². The lowest BCUT2D eigenvalue weighted by molar-refractivity contribution is -0.162. The second kappa shape index (κ2) is 16.4. The number of allylic oxidation sites excluding steroid dienone is 1. The number of aliphatic hydroxyl groups is 1. The van der Waals surface area contributed by atoms with E-state index < -0.39 is 47.7 Å². The smallest absolute Gasteiger partial charge is 0.313 e. The van der Waals surface area contributed by atoms with E-state index in [2.05, 4.69) is 25.4 Å². The van der Waals surface area contributed by atoms with Gasteiger partial charge in [-0.1, -0.05) is 62.2 Å². The summed E-state index contributed by atoms with van der Waals surface area (Å²) in [5, 5.41) is 12.4. The third-order valence-corrected chi connectivity index (χ3v) is 9.60. The summed E-state index contributed by atoms with van der Waals surface area (Å²) in [6, 6.07) is 7.81. The second-order valence-corrected chi connectivity index (χ2v) is 12.8. The van der Waals surface area contributed by atoms with Gasteiger partial charge in [0.2, 0.25) is 17.7 Å². The van der Waals surface area contributed by atoms with E-state index in [4.69, 9.17) is 9.47 Å². The summed E-state index contributed by atoms with van der Waals surface area (Å²) in [6.45, 7) is 12.6. The van der Waals surface area contributed by atoms with Crippen molar-refractivity contribution in [3.05, 3.63) is 61.2 Å². The van der Waals surface area contributed by atoms with Crippen LogP contribution in [0.5, 0.6) is 0 Å². The number of unbranched alkanes of at least 4 members (excludes halogenated alkanes) is 3. The summed E-state index contributed by atoms with van der Waals surface area (Å²) < 4.78 is 12.8. The normalized spacial score (nSPS) is 25.9. The van der Waals surface area contributed by atoms with Crippen molar-refractivity contribution < 1.29 is 33.8 Å². The maximum absolute atomic E-state index is 14.3. The van der Waals surface area contributed by atoms with E-state index in [1.54, 1.807) is 28.9 Å². The van der Waals surface area contributed by atoms with Crippen molar-refractivity contribution in [2.75, 3.05) is 26.2 Å². The lowest BCUT2D eigenvalue weighted by Crippen LogP contribution is -2.56. The van der Waals surface area contributed by atoms with E-state index >= 15 is 0 Å². The van der Waals surface area contributed by atoms with Crippen molar-refractivity contribution in [2.24, 2.45) is 11.8 Å². The summed E-state index contributed by atoms with van der Waals surface area (Å²) in [5.74, 6) is -2.97. The van der Waals surface area contributed by atoms with Crippen LogP contribution in [0.15, 0.2) is 55.6 Å². The number of likely N-dealkylation sites (tertiary alicyclic amines) is 1. The van der Waals surface area contributed by atoms with Gasteiger partial charge in [0, 0.05) is 32.7 Å². The molecule has 2 bridgehead atoms. The van der Waals surface area contributed by atoms with E-state index in [0.717, 1.165) is 24.8 Å². The van der Waals surface area contributed by atoms with Crippen molar-refractivity contribution >= 4 is 23.7 Å². The van der Waals surface area contributed by atoms with Gasteiger partial charge in [-0.3, -0.25) is 19.2 Å². The number of carbonyl (C=O) groups excluding carboxylic acids is 4. The first-order valence-corrected chi connectivity index (χ1v) is 16.9. The first-order chi connectivity index (χ1) is 22.2. The maximum atomic E-state index is 14.3. The molecule has 3 aliphatic heterocycles. The zero-order valence-electron chi connectivity index (χ0n) is 27.4. The van der Waals surface area contributed by atoms with Gasteiger partial charge in [-0.25, -0.2) is 0 Å². The molecular formula is C36H51N3O7. The van der Waals surface area contributed by atoms with Gasteiger partial charge in [-0.05, 0) is 51.0 Å². The van der Waals surface area contributed by atoms with Crippen LogP contribution in [0.25, 0.3) is 0 Å². The Hall–Kier alpha value is -3.50. The highest BCUT2D eigenvalue weighted by atomic mass is 16.6. The fourth-order valence-corrected chi connectivity index (χ4v) is 7.45. The van der Waals surface area contributed by atoms with Crippen molar-refractivity contribution in [3.63, 3.8) is 0 Å². The number of nitrogens with zero attached hydrogens (tertiary/aromatic N) is 2. The number of fused-ring (bicyclic) bond motifs is 1. The van der Waals surface area contributed by atoms with Crippen LogP contribution in [0.2, 0.25) is 0 Å². The average molecular weight is 638 g/mol. The van der Waals surface area contributed by atoms with Crippen LogP contribution < -0.4 is 5.32 Å². The molecule has 10 heteroatoms. The standard InChI is InChI=1S/C36H51N3O7/c1-5-8-13-22-38(21-7-3)34(43)32-36-20-19-27(46-36)29(30(36)33(42)39(32)23-14-15-24-40)35(44)45-31(26-16-11-10-12-17-26)25(4)37-28(41)18-9-6-2/h6-7,10-12,16-17,25,27,29-32,40H,2-3,5,8-9,13-15,18-24H2,1,4H3,(H,37,41)/t25-,27-,29+,30+,31-,32-,36+/m1/s1. The number of aliphatic hydroxyl groups excluding tert-OH is 1. The average Bonchev–Trinajstić information content (AvgIpc) is 3.69. The largest absolute Gasteiger partial charge is 0.455 e. The predicted octanol–water partition coefficient (Wildman–Crippen LogP) is 4.09. The van der Waals surface area contributed by atoms with E-state index in [0.29, 0.717) is 45.2 Å². The minimum atomic E-state index is -1.14. The van der Waals surface area contributed by atoms with E-state index in [1.807, 2.05) is 30.3 Å². The van der Waals surface area contributed by atoms with E-state index in [9.17, 15) is 24.3 Å². The van der Waals surface area contributed by atoms with Crippen molar-refractivity contribution in [3.8, 4) is 0 Å². The molecule has 10 nitrogen and oxygen atoms in total. The van der Waals surface area contributed by atoms with Crippen LogP contribution in [-0.4, -0.2) is 88.6 Å². The Balaban J connectivity index is 1.63. The molecule has 3 heterocycles. The molecule has 46 heavy (non-hydrogen) atoms. The van der Waals surface area contributed by atoms with Gasteiger partial charge in [0.15, 0.2) is 0 Å². The van der Waals surface area contributed by atoms with Crippen LogP contribution in [0.4, 0.5) is 0 Å². The molecule has 3 amide bonds. The quantitative estimate of drug-likeness (QED) is 0.133. The number of nitrogens with one attached hydrogen (secondary N) is 1. The molecule has 2 N–H and O–H groups in total. The Morgan fingerprint density at radius 2 is 1.93 bits per heavy atom. The number of esters is 1. The lowest BCUT2D eigenvalue weighted by Gasteiger charge is -2.37. The summed E-state index contributed by atoms with van der Waals surface area (Å²) >= 11 is 0. The molecular weight excluding hydrogens is 586 g/mol. The van der Waals surface area contributed by atoms with Gasteiger partial charge in [-0.15, -0.1) is 13.2 Å². The van der Waals surface area contributed by atoms with Gasteiger partial charge >= 0.3 is 5.97 Å². The first kappa shape index (κ1) is 35.4. The zero-order chi connectivity index (χ0) is 33.3. The SMILES string of the molecule is C=CCCC(=O)N[C@H](C)[C@@H](OC(=O)[C@@H]1[C@H]2C(=O)N(CCCCO)[C@H](C(=O)N(CC=C)CCCCC)[C@]23CC[C@H]1O3)c1ccccc1. The highest BCUT2D eigenvalue weighted by molar-refractivity contribution is 5.98. The maximum Gasteiger partial charge on any atom is 0.313 e. The van der Waals surface area contributed by atoms with Crippen molar-refractivity contribution in [1.29, 1.82) is 0 Å². The summed E-state index contributed by atoms with van der Waals surface area (Å²) in [5.41, 5.74) is -0.423. The third kappa shape index (κ3) is 7.39. The molecule has 0 radical (unpaired) electrons. The molecule has 7 atom stereocenters. The number of hydrogen-bond donors (Lipinski definition) is 2.